The molecule has 5 aromatic rings. The predicted molar refractivity (Wildman–Crippen MR) is 132 cm³/mol. The topological polar surface area (TPSA) is 0 Å². The summed E-state index contributed by atoms with van der Waals surface area (Å²) in [5.41, 5.74) is -1.03. The molecule has 0 N–H and O–H groups in total. The molecule has 0 bridgehead atoms. The van der Waals surface area contributed by atoms with Crippen molar-refractivity contribution in [2.75, 3.05) is 0 Å². The summed E-state index contributed by atoms with van der Waals surface area (Å²) < 4.78 is 84.9. The van der Waals surface area contributed by atoms with Crippen LogP contribution in [0.3, 0.4) is 0 Å². The molecule has 0 aromatic heterocycles. The number of hydrogen-bond acceptors (Lipinski definition) is 0. The van der Waals surface area contributed by atoms with Crippen LogP contribution in [0.2, 0.25) is 0 Å². The molecule has 6 rings (SSSR count). The molecule has 0 fully saturated rings. The minimum absolute atomic E-state index is 0.401. The summed E-state index contributed by atoms with van der Waals surface area (Å²) in [6.07, 6.45) is 0. The van der Waals surface area contributed by atoms with Crippen molar-refractivity contribution >= 4 is 49.5 Å². The van der Waals surface area contributed by atoms with E-state index in [4.69, 9.17) is 11.6 Å². The Kier molecular flexibility index (Phi) is 4.77. The number of alkyl halides is 6. The van der Waals surface area contributed by atoms with E-state index in [1.807, 2.05) is 60.7 Å². The molecule has 180 valence electrons. The molecular formula is C29H15ClF6. The molecule has 1 aliphatic carbocycles. The van der Waals surface area contributed by atoms with Crippen molar-refractivity contribution in [2.24, 2.45) is 0 Å². The monoisotopic (exact) mass is 512 g/mol. The zero-order valence-electron chi connectivity index (χ0n) is 18.3. The highest BCUT2D eigenvalue weighted by Gasteiger charge is 2.80. The Morgan fingerprint density at radius 3 is 1.44 bits per heavy atom. The van der Waals surface area contributed by atoms with Gasteiger partial charge in [0.15, 0.2) is 0 Å². The third-order valence-corrected chi connectivity index (χ3v) is 7.25. The first-order valence-electron chi connectivity index (χ1n) is 11.0. The second-order valence-electron chi connectivity index (χ2n) is 8.84. The van der Waals surface area contributed by atoms with Crippen LogP contribution in [0.1, 0.15) is 5.56 Å². The Balaban J connectivity index is 1.57. The third-order valence-electron chi connectivity index (χ3n) is 6.83. The summed E-state index contributed by atoms with van der Waals surface area (Å²) in [6.45, 7) is 0. The Morgan fingerprint density at radius 2 is 0.917 bits per heavy atom. The lowest BCUT2D eigenvalue weighted by Crippen LogP contribution is -2.48. The van der Waals surface area contributed by atoms with E-state index in [2.05, 4.69) is 0 Å². The maximum Gasteiger partial charge on any atom is 0.381 e. The van der Waals surface area contributed by atoms with E-state index in [1.54, 1.807) is 12.1 Å². The van der Waals surface area contributed by atoms with Crippen molar-refractivity contribution in [1.82, 2.24) is 0 Å². The van der Waals surface area contributed by atoms with Gasteiger partial charge in [-0.05, 0) is 61.1 Å². The molecule has 0 amide bonds. The number of rotatable bonds is 2. The summed E-state index contributed by atoms with van der Waals surface area (Å²) in [7, 11) is 0. The van der Waals surface area contributed by atoms with E-state index in [-0.39, 0.29) is 0 Å². The fourth-order valence-electron chi connectivity index (χ4n) is 5.04. The van der Waals surface area contributed by atoms with Crippen molar-refractivity contribution in [3.05, 3.63) is 102 Å². The van der Waals surface area contributed by atoms with Crippen LogP contribution in [0.25, 0.3) is 49.0 Å². The van der Waals surface area contributed by atoms with Crippen molar-refractivity contribution in [1.29, 1.82) is 0 Å². The molecular weight excluding hydrogens is 498 g/mol. The molecule has 0 radical (unpaired) electrons. The van der Waals surface area contributed by atoms with Crippen LogP contribution in [-0.2, 0) is 0 Å². The first-order chi connectivity index (χ1) is 17.1. The van der Waals surface area contributed by atoms with Gasteiger partial charge in [-0.2, -0.15) is 26.3 Å². The summed E-state index contributed by atoms with van der Waals surface area (Å²) in [5, 5.41) is 4.20. The number of benzene rings is 5. The standard InChI is InChI=1S/C29H15ClF6/c30-26-25(27(31,32)29(35,36)28(26,33)34)18-7-5-6-16(14-18)17-12-13-23-21-10-2-1-8-19(21)20-9-3-4-11-22(20)24(23)15-17/h1-15H. The Bertz CT molecular complexity index is 1700. The average Bonchev–Trinajstić information content (AvgIpc) is 2.97. The summed E-state index contributed by atoms with van der Waals surface area (Å²) in [4.78, 5) is 0. The zero-order chi connectivity index (χ0) is 25.5. The lowest BCUT2D eigenvalue weighted by molar-refractivity contribution is -0.258. The molecule has 0 saturated carbocycles. The van der Waals surface area contributed by atoms with E-state index in [9.17, 15) is 26.3 Å². The molecule has 0 spiro atoms. The van der Waals surface area contributed by atoms with Gasteiger partial charge in [0.05, 0.1) is 5.57 Å². The van der Waals surface area contributed by atoms with Crippen LogP contribution in [0.15, 0.2) is 96.0 Å². The summed E-state index contributed by atoms with van der Waals surface area (Å²) in [5.74, 6) is -15.9. The van der Waals surface area contributed by atoms with Crippen molar-refractivity contribution < 1.29 is 26.3 Å². The minimum Gasteiger partial charge on any atom is -0.194 e. The molecule has 0 heterocycles. The molecule has 7 heteroatoms. The maximum absolute atomic E-state index is 14.5. The van der Waals surface area contributed by atoms with E-state index in [1.165, 1.54) is 12.1 Å². The van der Waals surface area contributed by atoms with Gasteiger partial charge in [0, 0.05) is 0 Å². The van der Waals surface area contributed by atoms with Crippen LogP contribution >= 0.6 is 11.6 Å². The van der Waals surface area contributed by atoms with E-state index in [0.717, 1.165) is 38.4 Å². The fourth-order valence-corrected chi connectivity index (χ4v) is 5.38. The Morgan fingerprint density at radius 1 is 0.444 bits per heavy atom. The average molecular weight is 513 g/mol. The summed E-state index contributed by atoms with van der Waals surface area (Å²) >= 11 is 5.44. The van der Waals surface area contributed by atoms with Gasteiger partial charge in [0.25, 0.3) is 0 Å². The van der Waals surface area contributed by atoms with Crippen LogP contribution in [0.4, 0.5) is 26.3 Å². The van der Waals surface area contributed by atoms with Crippen molar-refractivity contribution in [3.63, 3.8) is 0 Å². The normalized spacial score (nSPS) is 18.4. The molecule has 0 unspecified atom stereocenters. The van der Waals surface area contributed by atoms with Crippen LogP contribution in [0.5, 0.6) is 0 Å². The molecule has 0 nitrogen and oxygen atoms in total. The highest BCUT2D eigenvalue weighted by Crippen LogP contribution is 2.63. The van der Waals surface area contributed by atoms with Gasteiger partial charge in [-0.15, -0.1) is 0 Å². The van der Waals surface area contributed by atoms with Crippen LogP contribution in [0, 0.1) is 0 Å². The second kappa shape index (κ2) is 7.50. The molecule has 0 aliphatic heterocycles. The van der Waals surface area contributed by atoms with Gasteiger partial charge in [-0.3, -0.25) is 0 Å². The smallest absolute Gasteiger partial charge is 0.194 e. The van der Waals surface area contributed by atoms with Gasteiger partial charge < -0.3 is 0 Å². The molecule has 0 saturated heterocycles. The predicted octanol–water partition coefficient (Wildman–Crippen LogP) is 9.68. The summed E-state index contributed by atoms with van der Waals surface area (Å²) in [6, 6.07) is 26.6. The quantitative estimate of drug-likeness (QED) is 0.163. The maximum atomic E-state index is 14.5. The largest absolute Gasteiger partial charge is 0.381 e. The minimum atomic E-state index is -5.63. The van der Waals surface area contributed by atoms with Crippen LogP contribution in [-0.4, -0.2) is 17.8 Å². The second-order valence-corrected chi connectivity index (χ2v) is 9.22. The molecule has 0 atom stereocenters. The van der Waals surface area contributed by atoms with Crippen molar-refractivity contribution in [2.45, 2.75) is 17.8 Å². The number of halogens is 7. The number of hydrogen-bond donors (Lipinski definition) is 0. The molecule has 36 heavy (non-hydrogen) atoms. The van der Waals surface area contributed by atoms with Gasteiger partial charge >= 0.3 is 17.8 Å². The third kappa shape index (κ3) is 2.91. The lowest BCUT2D eigenvalue weighted by atomic mass is 9.91. The highest BCUT2D eigenvalue weighted by molar-refractivity contribution is 6.35. The van der Waals surface area contributed by atoms with Gasteiger partial charge in [0.1, 0.15) is 5.03 Å². The number of allylic oxidation sites excluding steroid dienone is 2. The SMILES string of the molecule is FC1(F)C(Cl)=C(c2cccc(-c3ccc4c5ccccc5c5ccccc5c4c3)c2)C(F)(F)C1(F)F. The van der Waals surface area contributed by atoms with E-state index >= 15 is 0 Å². The van der Waals surface area contributed by atoms with Crippen LogP contribution < -0.4 is 0 Å². The fraction of sp³-hybridized carbons (Fsp3) is 0.103. The van der Waals surface area contributed by atoms with Gasteiger partial charge in [0.2, 0.25) is 0 Å². The highest BCUT2D eigenvalue weighted by atomic mass is 35.5. The zero-order valence-corrected chi connectivity index (χ0v) is 19.1. The van der Waals surface area contributed by atoms with E-state index in [0.29, 0.717) is 11.1 Å². The van der Waals surface area contributed by atoms with Gasteiger partial charge in [-0.25, -0.2) is 0 Å². The Labute approximate surface area is 206 Å². The molecule has 1 aliphatic rings. The first-order valence-corrected chi connectivity index (χ1v) is 11.4. The van der Waals surface area contributed by atoms with E-state index < -0.39 is 33.9 Å². The first kappa shape index (κ1) is 22.9. The lowest BCUT2D eigenvalue weighted by Gasteiger charge is -2.25. The molecule has 5 aromatic carbocycles. The van der Waals surface area contributed by atoms with Gasteiger partial charge in [-0.1, -0.05) is 90.5 Å². The van der Waals surface area contributed by atoms with Crippen molar-refractivity contribution in [3.8, 4) is 11.1 Å². The number of fused-ring (bicyclic) bond motifs is 6. The Hall–Kier alpha value is -3.51.